The molecule has 1 aromatic heterocycles. The van der Waals surface area contributed by atoms with Crippen molar-refractivity contribution in [1.82, 2.24) is 15.3 Å². The average Bonchev–Trinajstić information content (AvgIpc) is 2.74. The molecule has 1 heterocycles. The van der Waals surface area contributed by atoms with Crippen LogP contribution in [0.3, 0.4) is 0 Å². The minimum absolute atomic E-state index is 0.326. The molecule has 5 N–H and O–H groups in total. The van der Waals surface area contributed by atoms with Crippen LogP contribution in [0.2, 0.25) is 5.02 Å². The molecule has 0 aliphatic carbocycles. The lowest BCUT2D eigenvalue weighted by atomic mass is 10.1. The fourth-order valence-electron chi connectivity index (χ4n) is 2.89. The van der Waals surface area contributed by atoms with Crippen LogP contribution in [0.15, 0.2) is 48.7 Å². The summed E-state index contributed by atoms with van der Waals surface area (Å²) in [6.07, 6.45) is 0.682. The molecule has 9 heteroatoms. The van der Waals surface area contributed by atoms with Gasteiger partial charge >= 0.3 is 0 Å². The summed E-state index contributed by atoms with van der Waals surface area (Å²) >= 11 is 6.38. The first-order chi connectivity index (χ1) is 13.9. The number of nitrogens with two attached hydrogens (primary N) is 1. The van der Waals surface area contributed by atoms with Gasteiger partial charge < -0.3 is 25.8 Å². The third kappa shape index (κ3) is 4.51. The summed E-state index contributed by atoms with van der Waals surface area (Å²) in [7, 11) is 5.07. The van der Waals surface area contributed by atoms with Gasteiger partial charge in [-0.1, -0.05) is 29.8 Å². The Morgan fingerprint density at radius 2 is 2.00 bits per heavy atom. The molecule has 29 heavy (non-hydrogen) atoms. The topological polar surface area (TPSA) is 109 Å². The molecule has 3 aromatic rings. The highest BCUT2D eigenvalue weighted by atomic mass is 35.5. The monoisotopic (exact) mass is 414 g/mol. The van der Waals surface area contributed by atoms with Gasteiger partial charge in [-0.05, 0) is 31.3 Å². The second-order valence-electron chi connectivity index (χ2n) is 6.26. The standard InChI is InChI=1S/C20H23ClN6O2/c1-23-19(28)13-6-4-5-7-16(13)27(2)18-14(21)11-24-20(26-18)25-15-10-12(22)8-9-17(15)29-3/h4-11,19,23,28H,22H2,1-3H3,(H,24,25,26). The van der Waals surface area contributed by atoms with Crippen molar-refractivity contribution in [2.45, 2.75) is 6.23 Å². The predicted octanol–water partition coefficient (Wildman–Crippen LogP) is 3.44. The summed E-state index contributed by atoms with van der Waals surface area (Å²) in [4.78, 5) is 10.6. The molecule has 0 fully saturated rings. The summed E-state index contributed by atoms with van der Waals surface area (Å²) in [5.74, 6) is 1.41. The van der Waals surface area contributed by atoms with Crippen molar-refractivity contribution in [3.63, 3.8) is 0 Å². The smallest absolute Gasteiger partial charge is 0.229 e. The lowest BCUT2D eigenvalue weighted by Crippen LogP contribution is -2.21. The minimum atomic E-state index is -0.830. The Morgan fingerprint density at radius 1 is 1.24 bits per heavy atom. The van der Waals surface area contributed by atoms with Gasteiger partial charge in [0.05, 0.1) is 19.0 Å². The van der Waals surface area contributed by atoms with Crippen LogP contribution in [-0.2, 0) is 0 Å². The number of para-hydroxylation sites is 1. The van der Waals surface area contributed by atoms with E-state index < -0.39 is 6.23 Å². The van der Waals surface area contributed by atoms with Crippen molar-refractivity contribution < 1.29 is 9.84 Å². The van der Waals surface area contributed by atoms with E-state index in [0.717, 1.165) is 5.69 Å². The molecule has 0 saturated carbocycles. The Morgan fingerprint density at radius 3 is 2.72 bits per heavy atom. The maximum Gasteiger partial charge on any atom is 0.229 e. The Labute approximate surface area is 174 Å². The number of benzene rings is 2. The van der Waals surface area contributed by atoms with Crippen molar-refractivity contribution in [3.8, 4) is 5.75 Å². The SMILES string of the molecule is CNC(O)c1ccccc1N(C)c1nc(Nc2cc(N)ccc2OC)ncc1Cl. The molecule has 0 aliphatic rings. The molecule has 0 bridgehead atoms. The van der Waals surface area contributed by atoms with Gasteiger partial charge in [-0.3, -0.25) is 5.32 Å². The Kier molecular flexibility index (Phi) is 6.38. The van der Waals surface area contributed by atoms with Crippen molar-refractivity contribution in [3.05, 3.63) is 59.2 Å². The van der Waals surface area contributed by atoms with E-state index in [1.54, 1.807) is 37.3 Å². The number of aromatic nitrogens is 2. The molecule has 0 saturated heterocycles. The maximum absolute atomic E-state index is 10.3. The third-order valence-corrected chi connectivity index (χ3v) is 4.65. The van der Waals surface area contributed by atoms with E-state index in [9.17, 15) is 5.11 Å². The van der Waals surface area contributed by atoms with Gasteiger partial charge in [0.25, 0.3) is 0 Å². The van der Waals surface area contributed by atoms with Crippen molar-refractivity contribution >= 4 is 40.4 Å². The molecule has 152 valence electrons. The van der Waals surface area contributed by atoms with Crippen LogP contribution in [0, 0.1) is 0 Å². The van der Waals surface area contributed by atoms with Crippen LogP contribution in [0.4, 0.5) is 28.8 Å². The van der Waals surface area contributed by atoms with E-state index in [2.05, 4.69) is 20.6 Å². The van der Waals surface area contributed by atoms with Crippen LogP contribution in [0.1, 0.15) is 11.8 Å². The van der Waals surface area contributed by atoms with Gasteiger partial charge in [0.2, 0.25) is 5.95 Å². The van der Waals surface area contributed by atoms with Gasteiger partial charge in [0.1, 0.15) is 17.0 Å². The number of aliphatic hydroxyl groups is 1. The largest absolute Gasteiger partial charge is 0.495 e. The lowest BCUT2D eigenvalue weighted by Gasteiger charge is -2.24. The zero-order valence-electron chi connectivity index (χ0n) is 16.3. The van der Waals surface area contributed by atoms with Crippen LogP contribution < -0.4 is 26.0 Å². The van der Waals surface area contributed by atoms with E-state index in [1.807, 2.05) is 31.3 Å². The number of nitrogens with zero attached hydrogens (tertiary/aromatic N) is 3. The minimum Gasteiger partial charge on any atom is -0.495 e. The number of hydrogen-bond acceptors (Lipinski definition) is 8. The van der Waals surface area contributed by atoms with E-state index in [-0.39, 0.29) is 0 Å². The number of halogens is 1. The zero-order valence-corrected chi connectivity index (χ0v) is 17.1. The first-order valence-corrected chi connectivity index (χ1v) is 9.23. The third-order valence-electron chi connectivity index (χ3n) is 4.38. The molecule has 0 amide bonds. The highest BCUT2D eigenvalue weighted by Crippen LogP contribution is 2.34. The van der Waals surface area contributed by atoms with Gasteiger partial charge in [-0.15, -0.1) is 0 Å². The number of ether oxygens (including phenoxy) is 1. The predicted molar refractivity (Wildman–Crippen MR) is 116 cm³/mol. The second kappa shape index (κ2) is 8.95. The average molecular weight is 415 g/mol. The number of anilines is 5. The van der Waals surface area contributed by atoms with Crippen molar-refractivity contribution in [2.24, 2.45) is 0 Å². The van der Waals surface area contributed by atoms with Crippen LogP contribution in [-0.4, -0.2) is 36.3 Å². The Hall–Kier alpha value is -3.07. The van der Waals surface area contributed by atoms with E-state index in [0.29, 0.717) is 39.5 Å². The molecular weight excluding hydrogens is 392 g/mol. The number of rotatable bonds is 7. The highest BCUT2D eigenvalue weighted by molar-refractivity contribution is 6.33. The summed E-state index contributed by atoms with van der Waals surface area (Å²) < 4.78 is 5.35. The molecular formula is C20H23ClN6O2. The fourth-order valence-corrected chi connectivity index (χ4v) is 3.11. The first-order valence-electron chi connectivity index (χ1n) is 8.85. The second-order valence-corrected chi connectivity index (χ2v) is 6.67. The number of methoxy groups -OCH3 is 1. The Bertz CT molecular complexity index is 1000. The van der Waals surface area contributed by atoms with Crippen LogP contribution >= 0.6 is 11.6 Å². The highest BCUT2D eigenvalue weighted by Gasteiger charge is 2.18. The normalized spacial score (nSPS) is 11.8. The summed E-state index contributed by atoms with van der Waals surface area (Å²) in [6, 6.07) is 12.7. The first kappa shape index (κ1) is 20.7. The van der Waals surface area contributed by atoms with Gasteiger partial charge in [0.15, 0.2) is 5.82 Å². The quantitative estimate of drug-likeness (QED) is 0.344. The van der Waals surface area contributed by atoms with Crippen molar-refractivity contribution in [2.75, 3.05) is 37.2 Å². The molecule has 1 atom stereocenters. The molecule has 0 spiro atoms. The van der Waals surface area contributed by atoms with Gasteiger partial charge in [-0.25, -0.2) is 4.98 Å². The van der Waals surface area contributed by atoms with Crippen molar-refractivity contribution in [1.29, 1.82) is 0 Å². The van der Waals surface area contributed by atoms with Gasteiger partial charge in [0, 0.05) is 24.0 Å². The van der Waals surface area contributed by atoms with E-state index in [4.69, 9.17) is 22.1 Å². The summed E-state index contributed by atoms with van der Waals surface area (Å²) in [6.45, 7) is 0. The molecule has 8 nitrogen and oxygen atoms in total. The fraction of sp³-hybridized carbons (Fsp3) is 0.200. The van der Waals surface area contributed by atoms with E-state index >= 15 is 0 Å². The molecule has 0 aliphatic heterocycles. The molecule has 2 aromatic carbocycles. The summed E-state index contributed by atoms with van der Waals surface area (Å²) in [5.41, 5.74) is 8.53. The number of nitrogen functional groups attached to an aromatic ring is 1. The number of aliphatic hydroxyl groups excluding tert-OH is 1. The van der Waals surface area contributed by atoms with Crippen LogP contribution in [0.5, 0.6) is 5.75 Å². The number of nitrogens with one attached hydrogen (secondary N) is 2. The molecule has 3 rings (SSSR count). The molecule has 1 unspecified atom stereocenters. The summed E-state index contributed by atoms with van der Waals surface area (Å²) in [5, 5.41) is 16.6. The molecule has 0 radical (unpaired) electrons. The van der Waals surface area contributed by atoms with Crippen LogP contribution in [0.25, 0.3) is 0 Å². The Balaban J connectivity index is 1.97. The van der Waals surface area contributed by atoms with Gasteiger partial charge in [-0.2, -0.15) is 4.98 Å². The number of hydrogen-bond donors (Lipinski definition) is 4. The maximum atomic E-state index is 10.3. The zero-order chi connectivity index (χ0) is 21.0. The van der Waals surface area contributed by atoms with E-state index in [1.165, 1.54) is 6.20 Å². The lowest BCUT2D eigenvalue weighted by molar-refractivity contribution is 0.150.